The Morgan fingerprint density at radius 1 is 1.32 bits per heavy atom. The highest BCUT2D eigenvalue weighted by atomic mass is 16.5. The quantitative estimate of drug-likeness (QED) is 0.658. The van der Waals surface area contributed by atoms with E-state index < -0.39 is 0 Å². The molecule has 1 aromatic rings. The van der Waals surface area contributed by atoms with Crippen molar-refractivity contribution in [3.8, 4) is 5.88 Å². The summed E-state index contributed by atoms with van der Waals surface area (Å²) in [5, 5.41) is 3.16. The number of rotatable bonds is 9. The van der Waals surface area contributed by atoms with Crippen molar-refractivity contribution >= 4 is 5.95 Å². The van der Waals surface area contributed by atoms with E-state index in [-0.39, 0.29) is 6.10 Å². The van der Waals surface area contributed by atoms with Gasteiger partial charge in [0.1, 0.15) is 0 Å². The maximum absolute atomic E-state index is 5.57. The van der Waals surface area contributed by atoms with Crippen molar-refractivity contribution in [2.75, 3.05) is 31.6 Å². The van der Waals surface area contributed by atoms with Crippen LogP contribution in [0.2, 0.25) is 0 Å². The summed E-state index contributed by atoms with van der Waals surface area (Å²) in [6.07, 6.45) is 0.990. The van der Waals surface area contributed by atoms with Crippen LogP contribution in [-0.2, 0) is 4.74 Å². The van der Waals surface area contributed by atoms with Crippen molar-refractivity contribution in [3.63, 3.8) is 0 Å². The highest BCUT2D eigenvalue weighted by Gasteiger charge is 2.04. The van der Waals surface area contributed by atoms with Crippen LogP contribution in [0.25, 0.3) is 0 Å². The SMILES string of the molecule is Cc1cc(OC(C)C)nc(NCCCOCCN)n1. The Morgan fingerprint density at radius 2 is 2.11 bits per heavy atom. The van der Waals surface area contributed by atoms with Gasteiger partial charge < -0.3 is 20.5 Å². The van der Waals surface area contributed by atoms with Crippen molar-refractivity contribution in [2.24, 2.45) is 5.73 Å². The Kier molecular flexibility index (Phi) is 7.14. The molecule has 1 heterocycles. The lowest BCUT2D eigenvalue weighted by molar-refractivity contribution is 0.141. The zero-order valence-corrected chi connectivity index (χ0v) is 12.0. The average molecular weight is 268 g/mol. The summed E-state index contributed by atoms with van der Waals surface area (Å²) in [6, 6.07) is 1.83. The van der Waals surface area contributed by atoms with E-state index in [4.69, 9.17) is 15.2 Å². The summed E-state index contributed by atoms with van der Waals surface area (Å²) < 4.78 is 10.9. The molecule has 108 valence electrons. The molecule has 0 saturated carbocycles. The minimum Gasteiger partial charge on any atom is -0.475 e. The van der Waals surface area contributed by atoms with Crippen LogP contribution < -0.4 is 15.8 Å². The molecule has 0 aliphatic rings. The number of nitrogens with zero attached hydrogens (tertiary/aromatic N) is 2. The first-order valence-electron chi connectivity index (χ1n) is 6.66. The zero-order valence-electron chi connectivity index (χ0n) is 12.0. The van der Waals surface area contributed by atoms with E-state index in [1.807, 2.05) is 26.8 Å². The Bertz CT molecular complexity index is 372. The summed E-state index contributed by atoms with van der Waals surface area (Å²) >= 11 is 0. The predicted molar refractivity (Wildman–Crippen MR) is 75.5 cm³/mol. The minimum atomic E-state index is 0.104. The molecule has 0 aromatic carbocycles. The lowest BCUT2D eigenvalue weighted by Gasteiger charge is -2.11. The number of hydrogen-bond donors (Lipinski definition) is 2. The first kappa shape index (κ1) is 15.7. The average Bonchev–Trinajstić information content (AvgIpc) is 2.32. The van der Waals surface area contributed by atoms with Crippen LogP contribution in [0.1, 0.15) is 26.0 Å². The summed E-state index contributed by atoms with van der Waals surface area (Å²) in [5.41, 5.74) is 6.21. The molecule has 0 radical (unpaired) electrons. The number of hydrogen-bond acceptors (Lipinski definition) is 6. The highest BCUT2D eigenvalue weighted by molar-refractivity contribution is 5.30. The maximum Gasteiger partial charge on any atom is 0.226 e. The molecule has 0 aliphatic carbocycles. The van der Waals surface area contributed by atoms with Crippen LogP contribution in [0.4, 0.5) is 5.95 Å². The van der Waals surface area contributed by atoms with Gasteiger partial charge in [-0.1, -0.05) is 0 Å². The number of nitrogens with one attached hydrogen (secondary N) is 1. The topological polar surface area (TPSA) is 82.3 Å². The number of ether oxygens (including phenoxy) is 2. The Labute approximate surface area is 114 Å². The number of nitrogens with two attached hydrogens (primary N) is 1. The molecule has 1 rings (SSSR count). The Balaban J connectivity index is 2.38. The zero-order chi connectivity index (χ0) is 14.1. The molecule has 19 heavy (non-hydrogen) atoms. The number of aryl methyl sites for hydroxylation is 1. The van der Waals surface area contributed by atoms with Crippen LogP contribution in [0.5, 0.6) is 5.88 Å². The minimum absolute atomic E-state index is 0.104. The summed E-state index contributed by atoms with van der Waals surface area (Å²) in [4.78, 5) is 8.61. The predicted octanol–water partition coefficient (Wildman–Crippen LogP) is 1.35. The van der Waals surface area contributed by atoms with E-state index in [2.05, 4.69) is 15.3 Å². The van der Waals surface area contributed by atoms with Crippen LogP contribution in [0.15, 0.2) is 6.07 Å². The molecule has 0 fully saturated rings. The third-order valence-corrected chi connectivity index (χ3v) is 2.20. The van der Waals surface area contributed by atoms with Gasteiger partial charge >= 0.3 is 0 Å². The van der Waals surface area contributed by atoms with E-state index in [1.54, 1.807) is 0 Å². The van der Waals surface area contributed by atoms with E-state index >= 15 is 0 Å². The van der Waals surface area contributed by atoms with Crippen LogP contribution in [0, 0.1) is 6.92 Å². The first-order valence-corrected chi connectivity index (χ1v) is 6.66. The second-order valence-corrected chi connectivity index (χ2v) is 4.52. The largest absolute Gasteiger partial charge is 0.475 e. The molecule has 6 nitrogen and oxygen atoms in total. The lowest BCUT2D eigenvalue weighted by atomic mass is 10.4. The number of aromatic nitrogens is 2. The van der Waals surface area contributed by atoms with Gasteiger partial charge in [-0.2, -0.15) is 4.98 Å². The third kappa shape index (κ3) is 6.93. The van der Waals surface area contributed by atoms with Gasteiger partial charge in [-0.05, 0) is 27.2 Å². The normalized spacial score (nSPS) is 10.8. The second kappa shape index (κ2) is 8.66. The fourth-order valence-corrected chi connectivity index (χ4v) is 1.48. The van der Waals surface area contributed by atoms with Gasteiger partial charge in [0.05, 0.1) is 12.7 Å². The molecule has 0 amide bonds. The van der Waals surface area contributed by atoms with Gasteiger partial charge in [0.2, 0.25) is 11.8 Å². The first-order chi connectivity index (χ1) is 9.11. The molecule has 3 N–H and O–H groups in total. The van der Waals surface area contributed by atoms with E-state index in [1.165, 1.54) is 0 Å². The van der Waals surface area contributed by atoms with Gasteiger partial charge in [0.15, 0.2) is 0 Å². The smallest absolute Gasteiger partial charge is 0.226 e. The van der Waals surface area contributed by atoms with Gasteiger partial charge in [0, 0.05) is 31.5 Å². The fraction of sp³-hybridized carbons (Fsp3) is 0.692. The van der Waals surface area contributed by atoms with Gasteiger partial charge in [-0.25, -0.2) is 4.98 Å². The third-order valence-electron chi connectivity index (χ3n) is 2.20. The second-order valence-electron chi connectivity index (χ2n) is 4.52. The number of anilines is 1. The molecule has 0 aliphatic heterocycles. The van der Waals surface area contributed by atoms with E-state index in [9.17, 15) is 0 Å². The van der Waals surface area contributed by atoms with Crippen molar-refractivity contribution < 1.29 is 9.47 Å². The van der Waals surface area contributed by atoms with Crippen molar-refractivity contribution in [1.82, 2.24) is 9.97 Å². The van der Waals surface area contributed by atoms with Crippen molar-refractivity contribution in [1.29, 1.82) is 0 Å². The van der Waals surface area contributed by atoms with E-state index in [0.717, 1.165) is 18.7 Å². The molecular weight excluding hydrogens is 244 g/mol. The molecule has 0 spiro atoms. The highest BCUT2D eigenvalue weighted by Crippen LogP contribution is 2.13. The summed E-state index contributed by atoms with van der Waals surface area (Å²) in [5.74, 6) is 1.19. The standard InChI is InChI=1S/C13H24N4O2/c1-10(2)19-12-9-11(3)16-13(17-12)15-6-4-7-18-8-5-14/h9-10H,4-8,14H2,1-3H3,(H,15,16,17). The molecule has 0 bridgehead atoms. The molecular formula is C13H24N4O2. The molecule has 6 heteroatoms. The molecule has 0 saturated heterocycles. The molecule has 0 atom stereocenters. The lowest BCUT2D eigenvalue weighted by Crippen LogP contribution is -2.13. The van der Waals surface area contributed by atoms with Crippen molar-refractivity contribution in [3.05, 3.63) is 11.8 Å². The monoisotopic (exact) mass is 268 g/mol. The van der Waals surface area contributed by atoms with Gasteiger partial charge in [0.25, 0.3) is 0 Å². The fourth-order valence-electron chi connectivity index (χ4n) is 1.48. The Morgan fingerprint density at radius 3 is 2.79 bits per heavy atom. The summed E-state index contributed by atoms with van der Waals surface area (Å²) in [7, 11) is 0. The van der Waals surface area contributed by atoms with Crippen LogP contribution in [-0.4, -0.2) is 42.4 Å². The van der Waals surface area contributed by atoms with Crippen LogP contribution in [0.3, 0.4) is 0 Å². The van der Waals surface area contributed by atoms with Crippen LogP contribution >= 0.6 is 0 Å². The van der Waals surface area contributed by atoms with Gasteiger partial charge in [-0.3, -0.25) is 0 Å². The molecule has 0 unspecified atom stereocenters. The molecule has 1 aromatic heterocycles. The maximum atomic E-state index is 5.57. The Hall–Kier alpha value is -1.40. The van der Waals surface area contributed by atoms with Crippen molar-refractivity contribution in [2.45, 2.75) is 33.3 Å². The summed E-state index contributed by atoms with van der Waals surface area (Å²) in [6.45, 7) is 8.47. The van der Waals surface area contributed by atoms with Gasteiger partial charge in [-0.15, -0.1) is 0 Å². The van der Waals surface area contributed by atoms with E-state index in [0.29, 0.717) is 31.6 Å².